The maximum absolute atomic E-state index is 12.4. The largest absolute Gasteiger partial charge is 0.328 e. The van der Waals surface area contributed by atoms with Crippen molar-refractivity contribution in [3.63, 3.8) is 0 Å². The van der Waals surface area contributed by atoms with Crippen LogP contribution in [0.25, 0.3) is 0 Å². The third-order valence-corrected chi connectivity index (χ3v) is 4.21. The molecular weight excluding hydrogens is 222 g/mol. The van der Waals surface area contributed by atoms with E-state index in [1.807, 2.05) is 11.8 Å². The lowest BCUT2D eigenvalue weighted by Gasteiger charge is -2.30. The summed E-state index contributed by atoms with van der Waals surface area (Å²) >= 11 is 1.21. The first-order valence-corrected chi connectivity index (χ1v) is 6.33. The normalized spacial score (nSPS) is 27.4. The lowest BCUT2D eigenvalue weighted by molar-refractivity contribution is 0.0693. The Morgan fingerprint density at radius 1 is 1.56 bits per heavy atom. The average molecular weight is 235 g/mol. The van der Waals surface area contributed by atoms with Gasteiger partial charge in [-0.25, -0.2) is 0 Å². The molecule has 4 nitrogen and oxygen atoms in total. The van der Waals surface area contributed by atoms with Gasteiger partial charge in [-0.15, -0.1) is 5.10 Å². The highest BCUT2D eigenvalue weighted by molar-refractivity contribution is 7.07. The Morgan fingerprint density at radius 3 is 3.12 bits per heavy atom. The first-order valence-electron chi connectivity index (χ1n) is 5.55. The maximum Gasteiger partial charge on any atom is 0.268 e. The summed E-state index contributed by atoms with van der Waals surface area (Å²) in [6.07, 6.45) is 7.56. The van der Waals surface area contributed by atoms with Crippen LogP contribution in [0.5, 0.6) is 0 Å². The van der Waals surface area contributed by atoms with Crippen molar-refractivity contribution in [1.29, 1.82) is 0 Å². The molecule has 2 bridgehead atoms. The molecule has 16 heavy (non-hydrogen) atoms. The quantitative estimate of drug-likeness (QED) is 0.697. The molecule has 2 aliphatic rings. The van der Waals surface area contributed by atoms with Crippen LogP contribution < -0.4 is 0 Å². The Kier molecular flexibility index (Phi) is 2.28. The monoisotopic (exact) mass is 235 g/mol. The molecule has 0 radical (unpaired) electrons. The van der Waals surface area contributed by atoms with E-state index >= 15 is 0 Å². The zero-order chi connectivity index (χ0) is 11.1. The van der Waals surface area contributed by atoms with Gasteiger partial charge in [0.05, 0.1) is 11.7 Å². The van der Waals surface area contributed by atoms with Crippen molar-refractivity contribution in [2.24, 2.45) is 0 Å². The van der Waals surface area contributed by atoms with Gasteiger partial charge in [-0.2, -0.15) is 0 Å². The minimum atomic E-state index is 0.115. The number of rotatable bonds is 1. The molecule has 1 saturated heterocycles. The summed E-state index contributed by atoms with van der Waals surface area (Å²) < 4.78 is 3.83. The van der Waals surface area contributed by atoms with Crippen LogP contribution in [0.4, 0.5) is 0 Å². The van der Waals surface area contributed by atoms with Crippen molar-refractivity contribution in [2.45, 2.75) is 38.3 Å². The van der Waals surface area contributed by atoms with Gasteiger partial charge in [0, 0.05) is 6.04 Å². The van der Waals surface area contributed by atoms with Crippen molar-refractivity contribution in [2.75, 3.05) is 0 Å². The Hall–Kier alpha value is -1.23. The van der Waals surface area contributed by atoms with Crippen LogP contribution in [0.15, 0.2) is 12.2 Å². The first kappa shape index (κ1) is 9.96. The highest BCUT2D eigenvalue weighted by atomic mass is 32.1. The molecule has 1 aromatic rings. The van der Waals surface area contributed by atoms with Gasteiger partial charge in [-0.3, -0.25) is 4.79 Å². The molecule has 0 spiro atoms. The standard InChI is InChI=1S/C11H13N3OS/c1-7-10(16-13-12-7)11(15)14-8-3-2-4-9(14)6-5-8/h2-3,8-9H,4-6H2,1H3/t8-,9-/m0/s1. The number of aryl methyl sites for hydroxylation is 1. The topological polar surface area (TPSA) is 46.1 Å². The smallest absolute Gasteiger partial charge is 0.268 e. The van der Waals surface area contributed by atoms with E-state index in [-0.39, 0.29) is 5.91 Å². The van der Waals surface area contributed by atoms with Crippen LogP contribution in [-0.2, 0) is 0 Å². The van der Waals surface area contributed by atoms with Crippen molar-refractivity contribution in [1.82, 2.24) is 14.5 Å². The van der Waals surface area contributed by atoms with E-state index < -0.39 is 0 Å². The SMILES string of the molecule is Cc1nnsc1C(=O)N1[C@H]2CC=C[C@H]1CC2. The molecule has 1 aromatic heterocycles. The molecule has 1 fully saturated rings. The number of hydrogen-bond donors (Lipinski definition) is 0. The third kappa shape index (κ3) is 1.38. The molecule has 3 rings (SSSR count). The fraction of sp³-hybridized carbons (Fsp3) is 0.545. The van der Waals surface area contributed by atoms with E-state index in [0.717, 1.165) is 25.0 Å². The molecule has 84 valence electrons. The predicted octanol–water partition coefficient (Wildman–Crippen LogP) is 1.78. The van der Waals surface area contributed by atoms with E-state index in [4.69, 9.17) is 0 Å². The van der Waals surface area contributed by atoms with Crippen molar-refractivity contribution < 1.29 is 4.79 Å². The Balaban J connectivity index is 1.92. The molecule has 0 aromatic carbocycles. The van der Waals surface area contributed by atoms with Gasteiger partial charge < -0.3 is 4.90 Å². The molecule has 1 amide bonds. The van der Waals surface area contributed by atoms with Crippen LogP contribution >= 0.6 is 11.5 Å². The number of nitrogens with zero attached hydrogens (tertiary/aromatic N) is 3. The Morgan fingerprint density at radius 2 is 2.44 bits per heavy atom. The maximum atomic E-state index is 12.4. The average Bonchev–Trinajstić information content (AvgIpc) is 2.80. The summed E-state index contributed by atoms with van der Waals surface area (Å²) in [6, 6.07) is 0.691. The van der Waals surface area contributed by atoms with Crippen LogP contribution in [0.1, 0.15) is 34.6 Å². The minimum absolute atomic E-state index is 0.115. The second-order valence-corrected chi connectivity index (χ2v) is 5.12. The number of carbonyl (C=O) groups is 1. The van der Waals surface area contributed by atoms with Crippen molar-refractivity contribution in [3.8, 4) is 0 Å². The summed E-state index contributed by atoms with van der Waals surface area (Å²) in [7, 11) is 0. The van der Waals surface area contributed by atoms with Crippen LogP contribution in [0.2, 0.25) is 0 Å². The molecular formula is C11H13N3OS. The van der Waals surface area contributed by atoms with E-state index in [9.17, 15) is 4.79 Å². The number of hydrogen-bond acceptors (Lipinski definition) is 4. The van der Waals surface area contributed by atoms with Gasteiger partial charge >= 0.3 is 0 Å². The lowest BCUT2D eigenvalue weighted by atomic mass is 10.1. The van der Waals surface area contributed by atoms with E-state index in [2.05, 4.69) is 21.7 Å². The first-order chi connectivity index (χ1) is 7.77. The molecule has 2 aliphatic heterocycles. The van der Waals surface area contributed by atoms with Gasteiger partial charge in [0.1, 0.15) is 4.88 Å². The summed E-state index contributed by atoms with van der Waals surface area (Å²) in [5, 5.41) is 3.91. The van der Waals surface area contributed by atoms with Crippen LogP contribution in [0.3, 0.4) is 0 Å². The summed E-state index contributed by atoms with van der Waals surface area (Å²) in [5.41, 5.74) is 0.754. The second-order valence-electron chi connectivity index (χ2n) is 4.36. The van der Waals surface area contributed by atoms with Gasteiger partial charge in [0.2, 0.25) is 0 Å². The number of aromatic nitrogens is 2. The highest BCUT2D eigenvalue weighted by Crippen LogP contribution is 2.33. The van der Waals surface area contributed by atoms with E-state index in [1.165, 1.54) is 11.5 Å². The lowest BCUT2D eigenvalue weighted by Crippen LogP contribution is -2.42. The molecule has 0 N–H and O–H groups in total. The number of carbonyl (C=O) groups excluding carboxylic acids is 1. The summed E-state index contributed by atoms with van der Waals surface area (Å²) in [5.74, 6) is 0.115. The van der Waals surface area contributed by atoms with E-state index in [0.29, 0.717) is 17.0 Å². The van der Waals surface area contributed by atoms with E-state index in [1.54, 1.807) is 0 Å². The molecule has 0 saturated carbocycles. The van der Waals surface area contributed by atoms with Gasteiger partial charge in [0.15, 0.2) is 0 Å². The molecule has 0 aliphatic carbocycles. The molecule has 5 heteroatoms. The van der Waals surface area contributed by atoms with Crippen molar-refractivity contribution in [3.05, 3.63) is 22.7 Å². The summed E-state index contributed by atoms with van der Waals surface area (Å²) in [4.78, 5) is 15.1. The van der Waals surface area contributed by atoms with Gasteiger partial charge in [0.25, 0.3) is 5.91 Å². The molecule has 3 heterocycles. The van der Waals surface area contributed by atoms with Gasteiger partial charge in [-0.05, 0) is 37.7 Å². The fourth-order valence-electron chi connectivity index (χ4n) is 2.59. The van der Waals surface area contributed by atoms with Crippen LogP contribution in [-0.4, -0.2) is 32.5 Å². The molecule has 0 unspecified atom stereocenters. The fourth-order valence-corrected chi connectivity index (χ4v) is 3.19. The third-order valence-electron chi connectivity index (χ3n) is 3.39. The molecule has 2 atom stereocenters. The zero-order valence-electron chi connectivity index (χ0n) is 9.09. The minimum Gasteiger partial charge on any atom is -0.328 e. The Bertz CT molecular complexity index is 454. The Labute approximate surface area is 98.1 Å². The van der Waals surface area contributed by atoms with Gasteiger partial charge in [-0.1, -0.05) is 16.6 Å². The number of amides is 1. The number of fused-ring (bicyclic) bond motifs is 2. The highest BCUT2D eigenvalue weighted by Gasteiger charge is 2.38. The van der Waals surface area contributed by atoms with Crippen molar-refractivity contribution >= 4 is 17.4 Å². The second kappa shape index (κ2) is 3.66. The predicted molar refractivity (Wildman–Crippen MR) is 61.4 cm³/mol. The zero-order valence-corrected chi connectivity index (χ0v) is 9.91. The van der Waals surface area contributed by atoms with Crippen LogP contribution in [0, 0.1) is 6.92 Å². The summed E-state index contributed by atoms with van der Waals surface area (Å²) in [6.45, 7) is 1.85.